The van der Waals surface area contributed by atoms with E-state index in [4.69, 9.17) is 4.74 Å². The van der Waals surface area contributed by atoms with Gasteiger partial charge in [-0.2, -0.15) is 0 Å². The Morgan fingerprint density at radius 1 is 1.15 bits per heavy atom. The highest BCUT2D eigenvalue weighted by molar-refractivity contribution is 6.00. The van der Waals surface area contributed by atoms with Gasteiger partial charge in [-0.3, -0.25) is 9.59 Å². The van der Waals surface area contributed by atoms with Crippen molar-refractivity contribution in [2.45, 2.75) is 38.5 Å². The molecule has 1 heterocycles. The molecule has 5 nitrogen and oxygen atoms in total. The van der Waals surface area contributed by atoms with E-state index in [2.05, 4.69) is 5.32 Å². The van der Waals surface area contributed by atoms with Gasteiger partial charge in [-0.05, 0) is 74.5 Å². The van der Waals surface area contributed by atoms with Crippen LogP contribution in [0.1, 0.15) is 48.9 Å². The summed E-state index contributed by atoms with van der Waals surface area (Å²) in [6.45, 7) is 1.07. The van der Waals surface area contributed by atoms with Crippen LogP contribution in [0.5, 0.6) is 5.75 Å². The lowest BCUT2D eigenvalue weighted by molar-refractivity contribution is -0.140. The maximum absolute atomic E-state index is 13.2. The molecule has 5 aliphatic rings. The van der Waals surface area contributed by atoms with Crippen molar-refractivity contribution in [1.29, 1.82) is 0 Å². The number of carbonyl (C=O) groups excluding carboxylic acids is 2. The molecule has 0 saturated heterocycles. The molecule has 1 aliphatic heterocycles. The van der Waals surface area contributed by atoms with Crippen LogP contribution in [0, 0.1) is 23.2 Å². The van der Waals surface area contributed by atoms with E-state index >= 15 is 0 Å². The zero-order chi connectivity index (χ0) is 17.9. The number of likely N-dealkylation sites (N-methyl/N-ethyl adjacent to an activating group) is 1. The van der Waals surface area contributed by atoms with Crippen LogP contribution in [0.25, 0.3) is 0 Å². The van der Waals surface area contributed by atoms with Crippen molar-refractivity contribution in [3.8, 4) is 5.75 Å². The van der Waals surface area contributed by atoms with Gasteiger partial charge in [-0.1, -0.05) is 0 Å². The third kappa shape index (κ3) is 2.51. The summed E-state index contributed by atoms with van der Waals surface area (Å²) in [5, 5.41) is 3.14. The minimum absolute atomic E-state index is 0.0524. The van der Waals surface area contributed by atoms with Gasteiger partial charge in [0.1, 0.15) is 12.4 Å². The van der Waals surface area contributed by atoms with Crippen LogP contribution in [0.15, 0.2) is 18.2 Å². The molecule has 5 heteroatoms. The largest absolute Gasteiger partial charge is 0.491 e. The topological polar surface area (TPSA) is 58.6 Å². The number of nitrogens with one attached hydrogen (secondary N) is 1. The fraction of sp³-hybridized carbons (Fsp3) is 0.619. The lowest BCUT2D eigenvalue weighted by atomic mass is 9.49. The molecule has 4 saturated carbocycles. The third-order valence-corrected chi connectivity index (χ3v) is 7.02. The van der Waals surface area contributed by atoms with Crippen LogP contribution in [0.3, 0.4) is 0 Å². The van der Waals surface area contributed by atoms with Gasteiger partial charge in [0.25, 0.3) is 5.91 Å². The molecule has 0 aromatic heterocycles. The van der Waals surface area contributed by atoms with Gasteiger partial charge in [0.05, 0.1) is 17.5 Å². The van der Waals surface area contributed by atoms with Gasteiger partial charge in [0.15, 0.2) is 0 Å². The van der Waals surface area contributed by atoms with E-state index in [0.29, 0.717) is 30.2 Å². The maximum Gasteiger partial charge on any atom is 0.257 e. The predicted molar refractivity (Wildman–Crippen MR) is 98.1 cm³/mol. The Bertz CT molecular complexity index is 737. The number of anilines is 1. The van der Waals surface area contributed by atoms with Gasteiger partial charge in [0.2, 0.25) is 5.91 Å². The molecule has 0 radical (unpaired) electrons. The molecular weight excluding hydrogens is 328 g/mol. The van der Waals surface area contributed by atoms with Gasteiger partial charge in [-0.15, -0.1) is 0 Å². The number of hydrogen-bond acceptors (Lipinski definition) is 3. The third-order valence-electron chi connectivity index (χ3n) is 7.02. The van der Waals surface area contributed by atoms with Crippen molar-refractivity contribution in [2.24, 2.45) is 23.2 Å². The molecule has 0 spiro atoms. The summed E-state index contributed by atoms with van der Waals surface area (Å²) in [6.07, 6.45) is 7.10. The molecule has 1 N–H and O–H groups in total. The zero-order valence-electron chi connectivity index (χ0n) is 15.3. The average Bonchev–Trinajstić information content (AvgIpc) is 2.73. The molecule has 2 amide bonds. The molecule has 0 unspecified atom stereocenters. The van der Waals surface area contributed by atoms with Gasteiger partial charge < -0.3 is 15.0 Å². The van der Waals surface area contributed by atoms with Crippen molar-refractivity contribution in [2.75, 3.05) is 25.5 Å². The predicted octanol–water partition coefficient (Wildman–Crippen LogP) is 3.31. The van der Waals surface area contributed by atoms with E-state index in [9.17, 15) is 9.59 Å². The average molecular weight is 354 g/mol. The fourth-order valence-corrected chi connectivity index (χ4v) is 6.15. The van der Waals surface area contributed by atoms with Crippen LogP contribution in [-0.2, 0) is 4.79 Å². The molecule has 4 fully saturated rings. The first-order chi connectivity index (χ1) is 12.5. The van der Waals surface area contributed by atoms with Crippen LogP contribution >= 0.6 is 0 Å². The molecule has 4 bridgehead atoms. The van der Waals surface area contributed by atoms with Gasteiger partial charge in [0, 0.05) is 12.7 Å². The summed E-state index contributed by atoms with van der Waals surface area (Å²) in [5.41, 5.74) is 1.06. The number of rotatable bonds is 2. The highest BCUT2D eigenvalue weighted by Gasteiger charge is 2.54. The number of hydrogen-bond donors (Lipinski definition) is 1. The number of benzene rings is 1. The second-order valence-corrected chi connectivity index (χ2v) is 8.94. The summed E-state index contributed by atoms with van der Waals surface area (Å²) in [5.74, 6) is 2.93. The molecular formula is C21H26N2O3. The van der Waals surface area contributed by atoms with Gasteiger partial charge >= 0.3 is 0 Å². The van der Waals surface area contributed by atoms with E-state index in [1.54, 1.807) is 18.0 Å². The lowest BCUT2D eigenvalue weighted by Gasteiger charge is -2.55. The molecule has 4 aliphatic carbocycles. The summed E-state index contributed by atoms with van der Waals surface area (Å²) < 4.78 is 5.67. The Morgan fingerprint density at radius 2 is 1.81 bits per heavy atom. The highest BCUT2D eigenvalue weighted by Crippen LogP contribution is 2.60. The number of amides is 2. The first kappa shape index (κ1) is 16.2. The minimum atomic E-state index is -0.182. The zero-order valence-corrected chi connectivity index (χ0v) is 15.3. The summed E-state index contributed by atoms with van der Waals surface area (Å²) in [4.78, 5) is 27.4. The lowest BCUT2D eigenvalue weighted by Crippen LogP contribution is -2.51. The van der Waals surface area contributed by atoms with Crippen LogP contribution < -0.4 is 10.1 Å². The van der Waals surface area contributed by atoms with Crippen molar-refractivity contribution < 1.29 is 14.3 Å². The Labute approximate surface area is 154 Å². The molecule has 138 valence electrons. The number of fused-ring (bicyclic) bond motifs is 1. The molecule has 6 rings (SSSR count). The summed E-state index contributed by atoms with van der Waals surface area (Å²) >= 11 is 0. The smallest absolute Gasteiger partial charge is 0.257 e. The van der Waals surface area contributed by atoms with E-state index < -0.39 is 0 Å². The van der Waals surface area contributed by atoms with E-state index in [0.717, 1.165) is 37.0 Å². The molecule has 1 aromatic rings. The van der Waals surface area contributed by atoms with Crippen LogP contribution in [0.2, 0.25) is 0 Å². The van der Waals surface area contributed by atoms with Crippen molar-refractivity contribution >= 4 is 17.5 Å². The highest BCUT2D eigenvalue weighted by atomic mass is 16.5. The fourth-order valence-electron chi connectivity index (χ4n) is 6.15. The van der Waals surface area contributed by atoms with Crippen molar-refractivity contribution in [1.82, 2.24) is 4.90 Å². The van der Waals surface area contributed by atoms with E-state index in [-0.39, 0.29) is 17.2 Å². The van der Waals surface area contributed by atoms with E-state index in [1.807, 2.05) is 12.1 Å². The SMILES string of the molecule is CN1CCOc2ccc(NC(=O)C34CC5CC(CC(C5)C3)C4)cc2C1=O. The Morgan fingerprint density at radius 3 is 2.46 bits per heavy atom. The number of nitrogens with zero attached hydrogens (tertiary/aromatic N) is 1. The Kier molecular flexibility index (Phi) is 3.56. The molecule has 1 aromatic carbocycles. The Balaban J connectivity index is 1.39. The molecule has 26 heavy (non-hydrogen) atoms. The summed E-state index contributed by atoms with van der Waals surface area (Å²) in [6, 6.07) is 5.44. The maximum atomic E-state index is 13.2. The first-order valence-electron chi connectivity index (χ1n) is 9.86. The second kappa shape index (κ2) is 5.73. The van der Waals surface area contributed by atoms with Crippen LogP contribution in [0.4, 0.5) is 5.69 Å². The standard InChI is InChI=1S/C21H26N2O3/c1-23-4-5-26-18-3-2-16(9-17(18)19(23)24)22-20(25)21-10-13-6-14(11-21)8-15(7-13)12-21/h2-3,9,13-15H,4-8,10-12H2,1H3,(H,22,25). The minimum Gasteiger partial charge on any atom is -0.491 e. The second-order valence-electron chi connectivity index (χ2n) is 8.94. The van der Waals surface area contributed by atoms with Crippen LogP contribution in [-0.4, -0.2) is 36.9 Å². The quantitative estimate of drug-likeness (QED) is 0.886. The number of carbonyl (C=O) groups is 2. The van der Waals surface area contributed by atoms with E-state index in [1.165, 1.54) is 19.3 Å². The van der Waals surface area contributed by atoms with Crippen molar-refractivity contribution in [3.05, 3.63) is 23.8 Å². The number of ether oxygens (including phenoxy) is 1. The van der Waals surface area contributed by atoms with Crippen molar-refractivity contribution in [3.63, 3.8) is 0 Å². The van der Waals surface area contributed by atoms with Gasteiger partial charge in [-0.25, -0.2) is 0 Å². The molecule has 0 atom stereocenters. The normalized spacial score (nSPS) is 34.9. The Hall–Kier alpha value is -2.04. The first-order valence-corrected chi connectivity index (χ1v) is 9.86. The monoisotopic (exact) mass is 354 g/mol. The summed E-state index contributed by atoms with van der Waals surface area (Å²) in [7, 11) is 1.78.